The zero-order valence-electron chi connectivity index (χ0n) is 10.1. The molecule has 2 heterocycles. The Morgan fingerprint density at radius 2 is 1.80 bits per heavy atom. The fourth-order valence-electron chi connectivity index (χ4n) is 1.93. The largest absolute Gasteiger partial charge is 0.416 e. The number of anilines is 1. The maximum absolute atomic E-state index is 12.5. The van der Waals surface area contributed by atoms with E-state index < -0.39 is 11.7 Å². The molecule has 0 saturated heterocycles. The summed E-state index contributed by atoms with van der Waals surface area (Å²) in [5, 5.41) is 0. The topological polar surface area (TPSA) is 56.2 Å². The van der Waals surface area contributed by atoms with Gasteiger partial charge in [0.15, 0.2) is 0 Å². The van der Waals surface area contributed by atoms with Crippen molar-refractivity contribution in [3.63, 3.8) is 0 Å². The van der Waals surface area contributed by atoms with Crippen molar-refractivity contribution < 1.29 is 13.2 Å². The van der Waals surface area contributed by atoms with Gasteiger partial charge < -0.3 is 5.73 Å². The molecule has 0 bridgehead atoms. The van der Waals surface area contributed by atoms with E-state index in [4.69, 9.17) is 5.73 Å². The molecule has 0 aliphatic rings. The summed E-state index contributed by atoms with van der Waals surface area (Å²) in [7, 11) is 0. The molecule has 102 valence electrons. The number of hydrogen-bond acceptors (Lipinski definition) is 3. The zero-order valence-corrected chi connectivity index (χ0v) is 10.1. The summed E-state index contributed by atoms with van der Waals surface area (Å²) in [6.45, 7) is 0. The van der Waals surface area contributed by atoms with E-state index in [9.17, 15) is 13.2 Å². The Kier molecular flexibility index (Phi) is 2.63. The number of alkyl halides is 3. The van der Waals surface area contributed by atoms with Gasteiger partial charge in [0, 0.05) is 18.0 Å². The van der Waals surface area contributed by atoms with Crippen molar-refractivity contribution in [3.05, 3.63) is 48.3 Å². The predicted molar refractivity (Wildman–Crippen MR) is 67.8 cm³/mol. The zero-order chi connectivity index (χ0) is 14.3. The van der Waals surface area contributed by atoms with Crippen molar-refractivity contribution >= 4 is 11.6 Å². The minimum Gasteiger partial charge on any atom is -0.383 e. The molecule has 7 heteroatoms. The molecule has 1 aromatic carbocycles. The average Bonchev–Trinajstić information content (AvgIpc) is 2.76. The molecule has 2 N–H and O–H groups in total. The number of nitrogens with two attached hydrogens (primary N) is 1. The maximum Gasteiger partial charge on any atom is 0.416 e. The van der Waals surface area contributed by atoms with Gasteiger partial charge in [-0.05, 0) is 18.2 Å². The number of halogens is 3. The second-order valence-corrected chi connectivity index (χ2v) is 4.21. The summed E-state index contributed by atoms with van der Waals surface area (Å²) >= 11 is 0. The third-order valence-electron chi connectivity index (χ3n) is 2.93. The summed E-state index contributed by atoms with van der Waals surface area (Å²) in [6.07, 6.45) is -1.10. The molecule has 0 atom stereocenters. The minimum atomic E-state index is -4.36. The summed E-state index contributed by atoms with van der Waals surface area (Å²) in [5.41, 5.74) is 6.16. The van der Waals surface area contributed by atoms with Gasteiger partial charge in [-0.15, -0.1) is 0 Å². The van der Waals surface area contributed by atoms with Crippen LogP contribution in [0.1, 0.15) is 5.56 Å². The number of hydrogen-bond donors (Lipinski definition) is 1. The molecular weight excluding hydrogens is 269 g/mol. The second-order valence-electron chi connectivity index (χ2n) is 4.21. The Bertz CT molecular complexity index is 759. The summed E-state index contributed by atoms with van der Waals surface area (Å²) < 4.78 is 39.1. The molecule has 0 spiro atoms. The quantitative estimate of drug-likeness (QED) is 0.744. The predicted octanol–water partition coefficient (Wildman–Crippen LogP) is 3.00. The number of rotatable bonds is 1. The molecule has 3 rings (SSSR count). The monoisotopic (exact) mass is 278 g/mol. The van der Waals surface area contributed by atoms with Gasteiger partial charge in [0.2, 0.25) is 5.78 Å². The normalized spacial score (nSPS) is 11.9. The minimum absolute atomic E-state index is 0.341. The van der Waals surface area contributed by atoms with E-state index in [1.54, 1.807) is 22.9 Å². The highest BCUT2D eigenvalue weighted by Crippen LogP contribution is 2.32. The third-order valence-corrected chi connectivity index (χ3v) is 2.93. The van der Waals surface area contributed by atoms with Gasteiger partial charge >= 0.3 is 6.18 Å². The first-order valence-electron chi connectivity index (χ1n) is 5.73. The summed E-state index contributed by atoms with van der Waals surface area (Å²) in [5.74, 6) is 0.743. The standard InChI is InChI=1S/C13H9F3N4/c14-13(15,16)9-4-2-8(3-5-9)10-11(17)20-7-1-6-18-12(20)19-10/h1-7H,17H2. The number of nitrogen functional groups attached to an aromatic ring is 1. The first kappa shape index (κ1) is 12.5. The van der Waals surface area contributed by atoms with Gasteiger partial charge in [0.1, 0.15) is 11.5 Å². The number of imidazole rings is 1. The van der Waals surface area contributed by atoms with Crippen molar-refractivity contribution in [2.45, 2.75) is 6.18 Å². The van der Waals surface area contributed by atoms with Crippen molar-refractivity contribution in [2.75, 3.05) is 5.73 Å². The van der Waals surface area contributed by atoms with Crippen LogP contribution in [0.4, 0.5) is 19.0 Å². The number of benzene rings is 1. The smallest absolute Gasteiger partial charge is 0.383 e. The molecule has 0 saturated carbocycles. The van der Waals surface area contributed by atoms with E-state index in [0.29, 0.717) is 22.9 Å². The van der Waals surface area contributed by atoms with Crippen LogP contribution < -0.4 is 5.73 Å². The van der Waals surface area contributed by atoms with Gasteiger partial charge in [-0.3, -0.25) is 4.40 Å². The second kappa shape index (κ2) is 4.22. The highest BCUT2D eigenvalue weighted by molar-refractivity contribution is 5.74. The maximum atomic E-state index is 12.5. The highest BCUT2D eigenvalue weighted by atomic mass is 19.4. The number of aromatic nitrogens is 3. The van der Waals surface area contributed by atoms with Crippen LogP contribution in [0.3, 0.4) is 0 Å². The molecule has 3 aromatic rings. The molecular formula is C13H9F3N4. The van der Waals surface area contributed by atoms with Crippen molar-refractivity contribution in [1.82, 2.24) is 14.4 Å². The van der Waals surface area contributed by atoms with Crippen LogP contribution in [0, 0.1) is 0 Å². The van der Waals surface area contributed by atoms with Gasteiger partial charge in [0.25, 0.3) is 0 Å². The first-order valence-corrected chi connectivity index (χ1v) is 5.73. The molecule has 0 aliphatic heterocycles. The lowest BCUT2D eigenvalue weighted by Gasteiger charge is -2.06. The van der Waals surface area contributed by atoms with Crippen molar-refractivity contribution in [1.29, 1.82) is 0 Å². The molecule has 0 radical (unpaired) electrons. The molecule has 0 amide bonds. The van der Waals surface area contributed by atoms with Crippen LogP contribution in [0.25, 0.3) is 17.0 Å². The molecule has 2 aromatic heterocycles. The molecule has 0 fully saturated rings. The molecule has 0 unspecified atom stereocenters. The van der Waals surface area contributed by atoms with Crippen LogP contribution in [0.2, 0.25) is 0 Å². The van der Waals surface area contributed by atoms with E-state index in [1.165, 1.54) is 12.1 Å². The Morgan fingerprint density at radius 3 is 2.40 bits per heavy atom. The molecule has 20 heavy (non-hydrogen) atoms. The van der Waals surface area contributed by atoms with E-state index in [-0.39, 0.29) is 0 Å². The van der Waals surface area contributed by atoms with E-state index in [1.807, 2.05) is 0 Å². The van der Waals surface area contributed by atoms with Crippen LogP contribution in [0.15, 0.2) is 42.7 Å². The number of fused-ring (bicyclic) bond motifs is 1. The van der Waals surface area contributed by atoms with E-state index in [0.717, 1.165) is 12.1 Å². The van der Waals surface area contributed by atoms with Crippen molar-refractivity contribution in [3.8, 4) is 11.3 Å². The third kappa shape index (κ3) is 1.97. The van der Waals surface area contributed by atoms with Crippen LogP contribution >= 0.6 is 0 Å². The lowest BCUT2D eigenvalue weighted by atomic mass is 10.1. The lowest BCUT2D eigenvalue weighted by molar-refractivity contribution is -0.137. The average molecular weight is 278 g/mol. The Labute approximate surface area is 111 Å². The Balaban J connectivity index is 2.09. The van der Waals surface area contributed by atoms with Gasteiger partial charge in [-0.2, -0.15) is 13.2 Å². The summed E-state index contributed by atoms with van der Waals surface area (Å²) in [4.78, 5) is 8.26. The van der Waals surface area contributed by atoms with Crippen LogP contribution in [0.5, 0.6) is 0 Å². The van der Waals surface area contributed by atoms with Gasteiger partial charge in [-0.1, -0.05) is 12.1 Å². The fraction of sp³-hybridized carbons (Fsp3) is 0.0769. The van der Waals surface area contributed by atoms with Gasteiger partial charge in [-0.25, -0.2) is 9.97 Å². The molecule has 0 aliphatic carbocycles. The lowest BCUT2D eigenvalue weighted by Crippen LogP contribution is -2.04. The first-order chi connectivity index (χ1) is 9.47. The van der Waals surface area contributed by atoms with Gasteiger partial charge in [0.05, 0.1) is 5.56 Å². The Morgan fingerprint density at radius 1 is 1.10 bits per heavy atom. The van der Waals surface area contributed by atoms with Crippen LogP contribution in [-0.4, -0.2) is 14.4 Å². The SMILES string of the molecule is Nc1c(-c2ccc(C(F)(F)F)cc2)nc2ncccn12. The molecule has 4 nitrogen and oxygen atoms in total. The highest BCUT2D eigenvalue weighted by Gasteiger charge is 2.30. The van der Waals surface area contributed by atoms with E-state index in [2.05, 4.69) is 9.97 Å². The number of nitrogens with zero attached hydrogens (tertiary/aromatic N) is 3. The Hall–Kier alpha value is -2.57. The van der Waals surface area contributed by atoms with Crippen LogP contribution in [-0.2, 0) is 6.18 Å². The summed E-state index contributed by atoms with van der Waals surface area (Å²) in [6, 6.07) is 6.40. The van der Waals surface area contributed by atoms with E-state index >= 15 is 0 Å². The fourth-order valence-corrected chi connectivity index (χ4v) is 1.93. The van der Waals surface area contributed by atoms with Crippen molar-refractivity contribution in [2.24, 2.45) is 0 Å².